The molecule has 3 N–H and O–H groups in total. The van der Waals surface area contributed by atoms with Crippen LogP contribution in [-0.4, -0.2) is 73.4 Å². The molecule has 2 aromatic rings. The van der Waals surface area contributed by atoms with E-state index in [-0.39, 0.29) is 60.0 Å². The van der Waals surface area contributed by atoms with E-state index in [0.717, 1.165) is 11.1 Å². The molecule has 1 amide bonds. The number of amidine groups is 1. The molecule has 12 heteroatoms. The van der Waals surface area contributed by atoms with Gasteiger partial charge in [-0.1, -0.05) is 20.8 Å². The van der Waals surface area contributed by atoms with Crippen molar-refractivity contribution in [2.24, 2.45) is 5.92 Å². The fraction of sp³-hybridized carbons (Fsp3) is 0.485. The lowest BCUT2D eigenvalue weighted by molar-refractivity contribution is -0.137. The van der Waals surface area contributed by atoms with Crippen molar-refractivity contribution in [2.45, 2.75) is 58.9 Å². The molecule has 242 valence electrons. The third-order valence-corrected chi connectivity index (χ3v) is 7.94. The SMILES string of the molecule is Br.CCOc1cc2c(cc1C(=O)NC)C(=N)N(CC(=O)c1cc(N3CCC(C#N)C3)c(OCCCC(=O)O)c(C(C)(C)C)c1)C2. The summed E-state index contributed by atoms with van der Waals surface area (Å²) in [5.41, 5.74) is 3.30. The van der Waals surface area contributed by atoms with E-state index in [1.54, 1.807) is 23.1 Å². The predicted octanol–water partition coefficient (Wildman–Crippen LogP) is 4.94. The monoisotopic (exact) mass is 683 g/mol. The Hall–Kier alpha value is -4.11. The zero-order valence-electron chi connectivity index (χ0n) is 26.5. The zero-order chi connectivity index (χ0) is 32.2. The Labute approximate surface area is 274 Å². The highest BCUT2D eigenvalue weighted by Gasteiger charge is 2.33. The first-order valence-corrected chi connectivity index (χ1v) is 14.9. The summed E-state index contributed by atoms with van der Waals surface area (Å²) < 4.78 is 11.9. The molecule has 0 aromatic heterocycles. The number of amides is 1. The fourth-order valence-electron chi connectivity index (χ4n) is 5.62. The normalized spacial score (nSPS) is 15.6. The third-order valence-electron chi connectivity index (χ3n) is 7.94. The Morgan fingerprint density at radius 3 is 2.51 bits per heavy atom. The number of ketones is 1. The maximum Gasteiger partial charge on any atom is 0.303 e. The molecule has 1 atom stereocenters. The highest BCUT2D eigenvalue weighted by molar-refractivity contribution is 8.93. The Morgan fingerprint density at radius 1 is 1.18 bits per heavy atom. The first kappa shape index (κ1) is 35.4. The van der Waals surface area contributed by atoms with E-state index in [2.05, 4.69) is 16.3 Å². The number of benzene rings is 2. The van der Waals surface area contributed by atoms with E-state index >= 15 is 0 Å². The van der Waals surface area contributed by atoms with Gasteiger partial charge in [-0.2, -0.15) is 5.26 Å². The van der Waals surface area contributed by atoms with Crippen molar-refractivity contribution in [3.8, 4) is 17.6 Å². The molecule has 1 fully saturated rings. The largest absolute Gasteiger partial charge is 0.493 e. The van der Waals surface area contributed by atoms with Crippen molar-refractivity contribution in [1.29, 1.82) is 10.7 Å². The Kier molecular flexibility index (Phi) is 11.6. The van der Waals surface area contributed by atoms with Crippen molar-refractivity contribution in [3.05, 3.63) is 52.1 Å². The molecule has 0 aliphatic carbocycles. The number of halogens is 1. The van der Waals surface area contributed by atoms with Gasteiger partial charge in [0.1, 0.15) is 17.3 Å². The molecule has 11 nitrogen and oxygen atoms in total. The molecule has 2 heterocycles. The number of ether oxygens (including phenoxy) is 2. The Morgan fingerprint density at radius 2 is 1.91 bits per heavy atom. The molecule has 1 unspecified atom stereocenters. The number of hydrogen-bond donors (Lipinski definition) is 3. The molecular formula is C33H42BrN5O6. The summed E-state index contributed by atoms with van der Waals surface area (Å²) in [6.45, 7) is 9.92. The number of carbonyl (C=O) groups excluding carboxylic acids is 2. The average Bonchev–Trinajstić information content (AvgIpc) is 3.58. The third kappa shape index (κ3) is 7.95. The van der Waals surface area contributed by atoms with Crippen LogP contribution in [0.3, 0.4) is 0 Å². The molecule has 0 bridgehead atoms. The van der Waals surface area contributed by atoms with Crippen LogP contribution in [0.15, 0.2) is 24.3 Å². The Balaban J connectivity index is 0.00000552. The number of carboxylic acid groups (broad SMARTS) is 1. The number of Topliss-reactive ketones (excluding diaryl/α,β-unsaturated/α-hetero) is 1. The topological polar surface area (TPSA) is 156 Å². The Bertz CT molecular complexity index is 1510. The van der Waals surface area contributed by atoms with Crippen LogP contribution in [0.25, 0.3) is 0 Å². The number of nitrogens with one attached hydrogen (secondary N) is 2. The first-order chi connectivity index (χ1) is 20.9. The van der Waals surface area contributed by atoms with Crippen LogP contribution in [0, 0.1) is 22.7 Å². The lowest BCUT2D eigenvalue weighted by Gasteiger charge is -2.30. The minimum atomic E-state index is -0.893. The van der Waals surface area contributed by atoms with Crippen molar-refractivity contribution in [2.75, 3.05) is 44.8 Å². The van der Waals surface area contributed by atoms with E-state index < -0.39 is 11.4 Å². The van der Waals surface area contributed by atoms with E-state index in [1.807, 2.05) is 33.8 Å². The molecule has 2 aliphatic heterocycles. The molecule has 1 saturated heterocycles. The molecule has 0 saturated carbocycles. The summed E-state index contributed by atoms with van der Waals surface area (Å²) in [7, 11) is 1.54. The van der Waals surface area contributed by atoms with Crippen LogP contribution in [0.5, 0.6) is 11.5 Å². The van der Waals surface area contributed by atoms with Crippen LogP contribution < -0.4 is 19.7 Å². The zero-order valence-corrected chi connectivity index (χ0v) is 28.2. The van der Waals surface area contributed by atoms with E-state index in [0.29, 0.717) is 73.0 Å². The lowest BCUT2D eigenvalue weighted by Crippen LogP contribution is -2.31. The molecule has 2 aliphatic rings. The summed E-state index contributed by atoms with van der Waals surface area (Å²) in [4.78, 5) is 41.2. The smallest absolute Gasteiger partial charge is 0.303 e. The number of nitriles is 1. The number of carbonyl (C=O) groups is 3. The van der Waals surface area contributed by atoms with Gasteiger partial charge in [0.25, 0.3) is 5.91 Å². The number of carboxylic acids is 1. The van der Waals surface area contributed by atoms with Gasteiger partial charge in [-0.15, -0.1) is 17.0 Å². The second-order valence-electron chi connectivity index (χ2n) is 12.2. The number of aliphatic carboxylic acids is 1. The quantitative estimate of drug-likeness (QED) is 0.208. The van der Waals surface area contributed by atoms with Gasteiger partial charge in [0.2, 0.25) is 0 Å². The lowest BCUT2D eigenvalue weighted by atomic mass is 9.84. The average molecular weight is 685 g/mol. The fourth-order valence-corrected chi connectivity index (χ4v) is 5.62. The number of fused-ring (bicyclic) bond motifs is 1. The van der Waals surface area contributed by atoms with Crippen molar-refractivity contribution < 1.29 is 29.0 Å². The number of nitrogens with zero attached hydrogens (tertiary/aromatic N) is 3. The van der Waals surface area contributed by atoms with Crippen LogP contribution in [0.4, 0.5) is 5.69 Å². The van der Waals surface area contributed by atoms with E-state index in [4.69, 9.17) is 20.0 Å². The standard InChI is InChI=1S/C33H41N5O6.BrH/c1-6-43-28-14-22-18-38(31(35)23(22)15-24(28)32(42)36-5)19-27(39)21-12-25(33(2,3)4)30(44-11-7-8-29(40)41)26(13-21)37-10-9-20(16-34)17-37;/h12-15,20,35H,6-11,17-19H2,1-5H3,(H,36,42)(H,40,41);1H. The van der Waals surface area contributed by atoms with E-state index in [1.165, 1.54) is 7.05 Å². The van der Waals surface area contributed by atoms with Crippen molar-refractivity contribution in [1.82, 2.24) is 10.2 Å². The summed E-state index contributed by atoms with van der Waals surface area (Å²) in [6.07, 6.45) is 1.02. The van der Waals surface area contributed by atoms with Gasteiger partial charge < -0.3 is 29.7 Å². The van der Waals surface area contributed by atoms with Crippen LogP contribution in [0.1, 0.15) is 84.4 Å². The van der Waals surface area contributed by atoms with Gasteiger partial charge in [0.15, 0.2) is 5.78 Å². The second-order valence-corrected chi connectivity index (χ2v) is 12.2. The minimum absolute atomic E-state index is 0. The van der Waals surface area contributed by atoms with E-state index in [9.17, 15) is 19.6 Å². The molecule has 45 heavy (non-hydrogen) atoms. The summed E-state index contributed by atoms with van der Waals surface area (Å²) in [6, 6.07) is 9.39. The predicted molar refractivity (Wildman–Crippen MR) is 176 cm³/mol. The van der Waals surface area contributed by atoms with Crippen molar-refractivity contribution in [3.63, 3.8) is 0 Å². The second kappa shape index (κ2) is 14.8. The van der Waals surface area contributed by atoms with Gasteiger partial charge in [-0.25, -0.2) is 0 Å². The maximum absolute atomic E-state index is 13.9. The summed E-state index contributed by atoms with van der Waals surface area (Å²) in [5.74, 6) is -0.331. The van der Waals surface area contributed by atoms with Gasteiger partial charge in [-0.05, 0) is 55.0 Å². The van der Waals surface area contributed by atoms with Gasteiger partial charge >= 0.3 is 5.97 Å². The molecule has 0 radical (unpaired) electrons. The maximum atomic E-state index is 13.9. The van der Waals surface area contributed by atoms with Gasteiger partial charge in [0.05, 0.1) is 43.0 Å². The molecular weight excluding hydrogens is 642 g/mol. The first-order valence-electron chi connectivity index (χ1n) is 14.9. The van der Waals surface area contributed by atoms with Crippen LogP contribution in [-0.2, 0) is 16.8 Å². The van der Waals surface area contributed by atoms with Crippen LogP contribution in [0.2, 0.25) is 0 Å². The molecule has 0 spiro atoms. The van der Waals surface area contributed by atoms with Crippen LogP contribution >= 0.6 is 17.0 Å². The van der Waals surface area contributed by atoms with Crippen molar-refractivity contribution >= 4 is 46.2 Å². The summed E-state index contributed by atoms with van der Waals surface area (Å²) in [5, 5.41) is 30.1. The van der Waals surface area contributed by atoms with Gasteiger partial charge in [-0.3, -0.25) is 19.8 Å². The molecule has 4 rings (SSSR count). The number of anilines is 1. The van der Waals surface area contributed by atoms with Gasteiger partial charge in [0, 0.05) is 49.8 Å². The highest BCUT2D eigenvalue weighted by Crippen LogP contribution is 2.42. The minimum Gasteiger partial charge on any atom is -0.493 e. The molecule has 2 aromatic carbocycles. The summed E-state index contributed by atoms with van der Waals surface area (Å²) >= 11 is 0. The number of rotatable bonds is 12. The number of hydrogen-bond acceptors (Lipinski definition) is 8. The highest BCUT2D eigenvalue weighted by atomic mass is 79.9.